The lowest BCUT2D eigenvalue weighted by molar-refractivity contribution is -0.131. The normalized spacial score (nSPS) is 15.0. The van der Waals surface area contributed by atoms with Gasteiger partial charge in [0.15, 0.2) is 0 Å². The number of likely N-dealkylation sites (N-methyl/N-ethyl adjacent to an activating group) is 1. The molecule has 1 N–H and O–H groups in total. The number of amides is 1. The van der Waals surface area contributed by atoms with Crippen molar-refractivity contribution in [1.29, 1.82) is 0 Å². The van der Waals surface area contributed by atoms with Crippen LogP contribution >= 0.6 is 24.8 Å². The summed E-state index contributed by atoms with van der Waals surface area (Å²) in [5, 5.41) is 2.92. The summed E-state index contributed by atoms with van der Waals surface area (Å²) >= 11 is 0. The first-order valence-electron chi connectivity index (χ1n) is 6.89. The maximum Gasteiger partial charge on any atom is 0.236 e. The van der Waals surface area contributed by atoms with Crippen LogP contribution in [0, 0.1) is 6.92 Å². The highest BCUT2D eigenvalue weighted by molar-refractivity contribution is 5.85. The summed E-state index contributed by atoms with van der Waals surface area (Å²) in [4.78, 5) is 16.1. The number of aryl methyl sites for hydroxylation is 1. The third kappa shape index (κ3) is 6.22. The number of halogens is 2. The molecule has 1 aromatic carbocycles. The van der Waals surface area contributed by atoms with Gasteiger partial charge in [-0.2, -0.15) is 0 Å². The average molecular weight is 334 g/mol. The Hall–Kier alpha value is -0.810. The van der Waals surface area contributed by atoms with Gasteiger partial charge in [0.25, 0.3) is 0 Å². The van der Waals surface area contributed by atoms with Crippen LogP contribution in [0.5, 0.6) is 0 Å². The van der Waals surface area contributed by atoms with Crippen molar-refractivity contribution >= 4 is 30.7 Å². The molecule has 0 unspecified atom stereocenters. The second-order valence-electron chi connectivity index (χ2n) is 5.18. The number of benzene rings is 1. The number of carbonyl (C=O) groups excluding carboxylic acids is 1. The summed E-state index contributed by atoms with van der Waals surface area (Å²) in [6, 6.07) is 8.64. The van der Waals surface area contributed by atoms with Crippen molar-refractivity contribution in [3.8, 4) is 0 Å². The Labute approximate surface area is 139 Å². The Morgan fingerprint density at radius 2 is 1.86 bits per heavy atom. The van der Waals surface area contributed by atoms with Crippen molar-refractivity contribution in [1.82, 2.24) is 15.1 Å². The maximum atomic E-state index is 11.8. The van der Waals surface area contributed by atoms with E-state index < -0.39 is 0 Å². The molecule has 0 bridgehead atoms. The molecule has 6 heteroatoms. The van der Waals surface area contributed by atoms with Crippen LogP contribution in [0.1, 0.15) is 11.1 Å². The van der Waals surface area contributed by atoms with Crippen molar-refractivity contribution in [3.63, 3.8) is 0 Å². The lowest BCUT2D eigenvalue weighted by Gasteiger charge is -2.34. The number of nitrogens with one attached hydrogen (secondary N) is 1. The molecular weight excluding hydrogens is 309 g/mol. The first-order chi connectivity index (χ1) is 9.19. The molecule has 0 saturated carbocycles. The van der Waals surface area contributed by atoms with Crippen LogP contribution in [0.4, 0.5) is 0 Å². The first-order valence-corrected chi connectivity index (χ1v) is 6.89. The minimum absolute atomic E-state index is 0. The van der Waals surface area contributed by atoms with Crippen molar-refractivity contribution in [2.75, 3.05) is 39.8 Å². The molecule has 4 nitrogen and oxygen atoms in total. The molecule has 1 heterocycles. The van der Waals surface area contributed by atoms with E-state index in [-0.39, 0.29) is 30.7 Å². The molecule has 1 aliphatic heterocycles. The lowest BCUT2D eigenvalue weighted by Crippen LogP contribution is -2.50. The monoisotopic (exact) mass is 333 g/mol. The summed E-state index contributed by atoms with van der Waals surface area (Å²) in [6.45, 7) is 7.15. The van der Waals surface area contributed by atoms with Crippen LogP contribution in [-0.4, -0.2) is 55.5 Å². The summed E-state index contributed by atoms with van der Waals surface area (Å²) < 4.78 is 0. The fourth-order valence-corrected chi connectivity index (χ4v) is 2.49. The molecule has 1 aliphatic rings. The molecule has 1 amide bonds. The molecule has 0 aliphatic carbocycles. The minimum Gasteiger partial charge on any atom is -0.339 e. The minimum atomic E-state index is 0. The SMILES string of the molecule is CNCC(=O)N1CCN(Cc2cccc(C)c2)CC1.Cl.Cl. The fourth-order valence-electron chi connectivity index (χ4n) is 2.49. The van der Waals surface area contributed by atoms with Crippen LogP contribution < -0.4 is 5.32 Å². The van der Waals surface area contributed by atoms with E-state index in [9.17, 15) is 4.79 Å². The van der Waals surface area contributed by atoms with E-state index in [4.69, 9.17) is 0 Å². The third-order valence-corrected chi connectivity index (χ3v) is 3.54. The van der Waals surface area contributed by atoms with Crippen LogP contribution in [0.25, 0.3) is 0 Å². The van der Waals surface area contributed by atoms with Gasteiger partial charge < -0.3 is 10.2 Å². The van der Waals surface area contributed by atoms with Crippen molar-refractivity contribution in [3.05, 3.63) is 35.4 Å². The zero-order valence-electron chi connectivity index (χ0n) is 12.7. The number of nitrogens with zero attached hydrogens (tertiary/aromatic N) is 2. The lowest BCUT2D eigenvalue weighted by atomic mass is 10.1. The molecule has 1 fully saturated rings. The predicted molar refractivity (Wildman–Crippen MR) is 91.5 cm³/mol. The van der Waals surface area contributed by atoms with Gasteiger partial charge in [-0.25, -0.2) is 0 Å². The van der Waals surface area contributed by atoms with E-state index in [0.29, 0.717) is 6.54 Å². The molecule has 1 saturated heterocycles. The van der Waals surface area contributed by atoms with Crippen molar-refractivity contribution in [2.45, 2.75) is 13.5 Å². The molecule has 0 atom stereocenters. The van der Waals surface area contributed by atoms with E-state index in [2.05, 4.69) is 41.4 Å². The zero-order valence-corrected chi connectivity index (χ0v) is 14.3. The van der Waals surface area contributed by atoms with Gasteiger partial charge in [-0.1, -0.05) is 29.8 Å². The second kappa shape index (κ2) is 10.0. The Kier molecular flexibility index (Phi) is 9.62. The number of rotatable bonds is 4. The molecule has 0 spiro atoms. The van der Waals surface area contributed by atoms with Gasteiger partial charge >= 0.3 is 0 Å². The molecular formula is C15H25Cl2N3O. The van der Waals surface area contributed by atoms with Crippen LogP contribution in [0.2, 0.25) is 0 Å². The van der Waals surface area contributed by atoms with Gasteiger partial charge in [0.05, 0.1) is 6.54 Å². The van der Waals surface area contributed by atoms with Gasteiger partial charge in [-0.3, -0.25) is 9.69 Å². The second-order valence-corrected chi connectivity index (χ2v) is 5.18. The number of hydrogen-bond acceptors (Lipinski definition) is 3. The van der Waals surface area contributed by atoms with Crippen LogP contribution in [0.3, 0.4) is 0 Å². The first kappa shape index (κ1) is 20.2. The third-order valence-electron chi connectivity index (χ3n) is 3.54. The topological polar surface area (TPSA) is 35.6 Å². The fraction of sp³-hybridized carbons (Fsp3) is 0.533. The standard InChI is InChI=1S/C15H23N3O.2ClH/c1-13-4-3-5-14(10-13)12-17-6-8-18(9-7-17)15(19)11-16-2;;/h3-5,10,16H,6-9,11-12H2,1-2H3;2*1H. The summed E-state index contributed by atoms with van der Waals surface area (Å²) in [7, 11) is 1.81. The van der Waals surface area contributed by atoms with Crippen molar-refractivity contribution < 1.29 is 4.79 Å². The highest BCUT2D eigenvalue weighted by atomic mass is 35.5. The largest absolute Gasteiger partial charge is 0.339 e. The van der Waals surface area contributed by atoms with Gasteiger partial charge in [-0.05, 0) is 19.5 Å². The molecule has 120 valence electrons. The Morgan fingerprint density at radius 1 is 1.19 bits per heavy atom. The smallest absolute Gasteiger partial charge is 0.236 e. The Morgan fingerprint density at radius 3 is 2.43 bits per heavy atom. The molecule has 21 heavy (non-hydrogen) atoms. The van der Waals surface area contributed by atoms with E-state index in [1.54, 1.807) is 0 Å². The highest BCUT2D eigenvalue weighted by Gasteiger charge is 2.20. The summed E-state index contributed by atoms with van der Waals surface area (Å²) in [5.41, 5.74) is 2.66. The van der Waals surface area contributed by atoms with Gasteiger partial charge in [0.1, 0.15) is 0 Å². The van der Waals surface area contributed by atoms with E-state index >= 15 is 0 Å². The van der Waals surface area contributed by atoms with Crippen LogP contribution in [-0.2, 0) is 11.3 Å². The summed E-state index contributed by atoms with van der Waals surface area (Å²) in [6.07, 6.45) is 0. The average Bonchev–Trinajstić information content (AvgIpc) is 2.40. The van der Waals surface area contributed by atoms with Gasteiger partial charge in [0.2, 0.25) is 5.91 Å². The zero-order chi connectivity index (χ0) is 13.7. The molecule has 1 aromatic rings. The van der Waals surface area contributed by atoms with E-state index in [0.717, 1.165) is 32.7 Å². The van der Waals surface area contributed by atoms with Gasteiger partial charge in [-0.15, -0.1) is 24.8 Å². The Balaban J connectivity index is 0.00000200. The van der Waals surface area contributed by atoms with Gasteiger partial charge in [0, 0.05) is 32.7 Å². The number of carbonyl (C=O) groups is 1. The molecule has 2 rings (SSSR count). The summed E-state index contributed by atoms with van der Waals surface area (Å²) in [5.74, 6) is 0.206. The number of hydrogen-bond donors (Lipinski definition) is 1. The number of piperazine rings is 1. The predicted octanol–water partition coefficient (Wildman–Crippen LogP) is 1.70. The maximum absolute atomic E-state index is 11.8. The van der Waals surface area contributed by atoms with E-state index in [1.807, 2.05) is 11.9 Å². The van der Waals surface area contributed by atoms with Crippen LogP contribution in [0.15, 0.2) is 24.3 Å². The highest BCUT2D eigenvalue weighted by Crippen LogP contribution is 2.10. The quantitative estimate of drug-likeness (QED) is 0.910. The van der Waals surface area contributed by atoms with Crippen molar-refractivity contribution in [2.24, 2.45) is 0 Å². The van der Waals surface area contributed by atoms with E-state index in [1.165, 1.54) is 11.1 Å². The Bertz CT molecular complexity index is 435. The molecule has 0 aromatic heterocycles. The molecule has 0 radical (unpaired) electrons.